The molecule has 5 heteroatoms. The lowest BCUT2D eigenvalue weighted by atomic mass is 10.1. The van der Waals surface area contributed by atoms with E-state index in [1.54, 1.807) is 36.5 Å². The molecule has 18 heavy (non-hydrogen) atoms. The van der Waals surface area contributed by atoms with Crippen LogP contribution in [-0.2, 0) is 6.61 Å². The lowest BCUT2D eigenvalue weighted by Gasteiger charge is -2.08. The monoisotopic (exact) mass is 306 g/mol. The number of aromatic nitrogens is 1. The molecule has 0 unspecified atom stereocenters. The predicted octanol–water partition coefficient (Wildman–Crippen LogP) is 3.43. The van der Waals surface area contributed by atoms with E-state index in [9.17, 15) is 4.39 Å². The molecule has 0 fully saturated rings. The van der Waals surface area contributed by atoms with E-state index in [-0.39, 0.29) is 12.2 Å². The van der Waals surface area contributed by atoms with Crippen molar-refractivity contribution in [1.82, 2.24) is 4.98 Å². The van der Waals surface area contributed by atoms with Gasteiger partial charge in [-0.15, -0.1) is 0 Å². The molecule has 0 aliphatic heterocycles. The zero-order valence-electron chi connectivity index (χ0n) is 9.23. The molecule has 0 atom stereocenters. The lowest BCUT2D eigenvalue weighted by Crippen LogP contribution is -2.01. The molecule has 0 saturated heterocycles. The van der Waals surface area contributed by atoms with Gasteiger partial charge in [-0.3, -0.25) is 0 Å². The summed E-state index contributed by atoms with van der Waals surface area (Å²) < 4.78 is 19.7. The van der Waals surface area contributed by atoms with E-state index in [4.69, 9.17) is 10.00 Å². The van der Waals surface area contributed by atoms with Gasteiger partial charge in [-0.05, 0) is 34.1 Å². The van der Waals surface area contributed by atoms with Gasteiger partial charge < -0.3 is 4.74 Å². The van der Waals surface area contributed by atoms with Crippen LogP contribution in [0.3, 0.4) is 0 Å². The summed E-state index contributed by atoms with van der Waals surface area (Å²) in [7, 11) is 0. The average Bonchev–Trinajstić information content (AvgIpc) is 2.39. The molecule has 0 radical (unpaired) electrons. The van der Waals surface area contributed by atoms with Crippen LogP contribution in [0, 0.1) is 17.1 Å². The Balaban J connectivity index is 2.17. The molecule has 1 aromatic carbocycles. The molecule has 0 bridgehead atoms. The fourth-order valence-electron chi connectivity index (χ4n) is 1.41. The molecule has 0 N–H and O–H groups in total. The largest absolute Gasteiger partial charge is 0.486 e. The summed E-state index contributed by atoms with van der Waals surface area (Å²) in [5.41, 5.74) is 0.353. The van der Waals surface area contributed by atoms with Crippen LogP contribution in [0.25, 0.3) is 0 Å². The SMILES string of the molecule is N#Cc1cccc(COc2cccnc2Br)c1F. The number of hydrogen-bond acceptors (Lipinski definition) is 3. The summed E-state index contributed by atoms with van der Waals surface area (Å²) in [4.78, 5) is 3.99. The predicted molar refractivity (Wildman–Crippen MR) is 67.4 cm³/mol. The van der Waals surface area contributed by atoms with E-state index in [1.807, 2.05) is 0 Å². The Morgan fingerprint density at radius 3 is 2.89 bits per heavy atom. The molecule has 3 nitrogen and oxygen atoms in total. The molecular formula is C13H8BrFN2O. The zero-order valence-corrected chi connectivity index (χ0v) is 10.8. The molecular weight excluding hydrogens is 299 g/mol. The molecule has 0 aliphatic carbocycles. The number of halogens is 2. The summed E-state index contributed by atoms with van der Waals surface area (Å²) in [5.74, 6) is -0.0146. The highest BCUT2D eigenvalue weighted by atomic mass is 79.9. The van der Waals surface area contributed by atoms with Crippen LogP contribution in [0.2, 0.25) is 0 Å². The number of nitriles is 1. The highest BCUT2D eigenvalue weighted by Gasteiger charge is 2.09. The number of benzene rings is 1. The van der Waals surface area contributed by atoms with Crippen molar-refractivity contribution >= 4 is 15.9 Å². The number of nitrogens with zero attached hydrogens (tertiary/aromatic N) is 2. The van der Waals surface area contributed by atoms with Gasteiger partial charge in [0.1, 0.15) is 23.1 Å². The second-order valence-electron chi connectivity index (χ2n) is 3.47. The van der Waals surface area contributed by atoms with Gasteiger partial charge in [0.25, 0.3) is 0 Å². The minimum Gasteiger partial charge on any atom is -0.486 e. The van der Waals surface area contributed by atoms with Crippen LogP contribution in [0.4, 0.5) is 4.39 Å². The van der Waals surface area contributed by atoms with Crippen molar-refractivity contribution in [2.24, 2.45) is 0 Å². The highest BCUT2D eigenvalue weighted by molar-refractivity contribution is 9.10. The third-order valence-corrected chi connectivity index (χ3v) is 2.90. The van der Waals surface area contributed by atoms with Crippen LogP contribution < -0.4 is 4.74 Å². The summed E-state index contributed by atoms with van der Waals surface area (Å²) in [5, 5.41) is 8.72. The Morgan fingerprint density at radius 2 is 2.17 bits per heavy atom. The first kappa shape index (κ1) is 12.5. The Morgan fingerprint density at radius 1 is 1.33 bits per heavy atom. The molecule has 1 heterocycles. The van der Waals surface area contributed by atoms with Crippen molar-refractivity contribution in [1.29, 1.82) is 5.26 Å². The Bertz CT molecular complexity index is 610. The van der Waals surface area contributed by atoms with Gasteiger partial charge in [0.2, 0.25) is 0 Å². The van der Waals surface area contributed by atoms with Crippen LogP contribution in [-0.4, -0.2) is 4.98 Å². The molecule has 2 aromatic rings. The van der Waals surface area contributed by atoms with E-state index in [2.05, 4.69) is 20.9 Å². The highest BCUT2D eigenvalue weighted by Crippen LogP contribution is 2.23. The maximum Gasteiger partial charge on any atom is 0.152 e. The van der Waals surface area contributed by atoms with Crippen molar-refractivity contribution < 1.29 is 9.13 Å². The first-order chi connectivity index (χ1) is 8.72. The van der Waals surface area contributed by atoms with Gasteiger partial charge in [-0.1, -0.05) is 12.1 Å². The number of ether oxygens (including phenoxy) is 1. The van der Waals surface area contributed by atoms with E-state index in [0.717, 1.165) is 0 Å². The number of pyridine rings is 1. The quantitative estimate of drug-likeness (QED) is 0.816. The maximum absolute atomic E-state index is 13.7. The summed E-state index contributed by atoms with van der Waals surface area (Å²) in [6.07, 6.45) is 1.62. The summed E-state index contributed by atoms with van der Waals surface area (Å²) >= 11 is 3.23. The Labute approximate surface area is 112 Å². The topological polar surface area (TPSA) is 45.9 Å². The minimum absolute atomic E-state index is 0.0151. The zero-order chi connectivity index (χ0) is 13.0. The summed E-state index contributed by atoms with van der Waals surface area (Å²) in [6, 6.07) is 9.88. The normalized spacial score (nSPS) is 9.83. The van der Waals surface area contributed by atoms with E-state index in [1.165, 1.54) is 6.07 Å². The second-order valence-corrected chi connectivity index (χ2v) is 4.22. The van der Waals surface area contributed by atoms with Crippen LogP contribution >= 0.6 is 15.9 Å². The van der Waals surface area contributed by atoms with Crippen LogP contribution in [0.15, 0.2) is 41.1 Å². The number of rotatable bonds is 3. The van der Waals surface area contributed by atoms with Crippen LogP contribution in [0.1, 0.15) is 11.1 Å². The summed E-state index contributed by atoms with van der Waals surface area (Å²) in [6.45, 7) is 0.0473. The molecule has 0 saturated carbocycles. The second kappa shape index (κ2) is 5.61. The van der Waals surface area contributed by atoms with Gasteiger partial charge in [-0.25, -0.2) is 9.37 Å². The molecule has 90 valence electrons. The first-order valence-electron chi connectivity index (χ1n) is 5.13. The molecule has 0 amide bonds. The smallest absolute Gasteiger partial charge is 0.152 e. The van der Waals surface area contributed by atoms with Crippen LogP contribution in [0.5, 0.6) is 5.75 Å². The lowest BCUT2D eigenvalue weighted by molar-refractivity contribution is 0.296. The maximum atomic E-state index is 13.7. The first-order valence-corrected chi connectivity index (χ1v) is 5.92. The van der Waals surface area contributed by atoms with Crippen molar-refractivity contribution in [3.8, 4) is 11.8 Å². The van der Waals surface area contributed by atoms with Crippen molar-refractivity contribution in [3.63, 3.8) is 0 Å². The van der Waals surface area contributed by atoms with Crippen molar-refractivity contribution in [2.45, 2.75) is 6.61 Å². The molecule has 1 aromatic heterocycles. The molecule has 0 spiro atoms. The average molecular weight is 307 g/mol. The number of hydrogen-bond donors (Lipinski definition) is 0. The van der Waals surface area contributed by atoms with Gasteiger partial charge >= 0.3 is 0 Å². The molecule has 2 rings (SSSR count). The Kier molecular flexibility index (Phi) is 3.90. The van der Waals surface area contributed by atoms with E-state index in [0.29, 0.717) is 15.9 Å². The fourth-order valence-corrected chi connectivity index (χ4v) is 1.78. The molecule has 0 aliphatic rings. The minimum atomic E-state index is -0.542. The standard InChI is InChI=1S/C13H8BrFN2O/c14-13-11(5-2-6-17-13)18-8-10-4-1-3-9(7-16)12(10)15/h1-6H,8H2. The van der Waals surface area contributed by atoms with Gasteiger partial charge in [-0.2, -0.15) is 5.26 Å². The van der Waals surface area contributed by atoms with Gasteiger partial charge in [0.05, 0.1) is 5.56 Å². The fraction of sp³-hybridized carbons (Fsp3) is 0.0769. The van der Waals surface area contributed by atoms with Crippen molar-refractivity contribution in [3.05, 3.63) is 58.1 Å². The van der Waals surface area contributed by atoms with Gasteiger partial charge in [0.15, 0.2) is 5.75 Å². The Hall–Kier alpha value is -1.93. The third kappa shape index (κ3) is 2.66. The van der Waals surface area contributed by atoms with Crippen molar-refractivity contribution in [2.75, 3.05) is 0 Å². The van der Waals surface area contributed by atoms with E-state index < -0.39 is 5.82 Å². The third-order valence-electron chi connectivity index (χ3n) is 2.31. The van der Waals surface area contributed by atoms with E-state index >= 15 is 0 Å². The van der Waals surface area contributed by atoms with Gasteiger partial charge in [0, 0.05) is 11.8 Å².